The van der Waals surface area contributed by atoms with E-state index >= 15 is 0 Å². The predicted octanol–water partition coefficient (Wildman–Crippen LogP) is 5.70. The molecule has 0 bridgehead atoms. The lowest BCUT2D eigenvalue weighted by Crippen LogP contribution is -1.97. The number of nitrogens with zero attached hydrogens (tertiary/aromatic N) is 1. The topological polar surface area (TPSA) is 59.4 Å². The molecule has 2 aromatic carbocycles. The molecule has 4 nitrogen and oxygen atoms in total. The van der Waals surface area contributed by atoms with Gasteiger partial charge in [0, 0.05) is 10.0 Å². The lowest BCUT2D eigenvalue weighted by molar-refractivity contribution is 0.0701. The van der Waals surface area contributed by atoms with Crippen LogP contribution in [0.15, 0.2) is 42.5 Å². The van der Waals surface area contributed by atoms with Gasteiger partial charge in [0.1, 0.15) is 22.2 Å². The average molecular weight is 394 g/mol. The predicted molar refractivity (Wildman–Crippen MR) is 100 cm³/mol. The van der Waals surface area contributed by atoms with Gasteiger partial charge in [-0.2, -0.15) is 0 Å². The number of hydrogen-bond donors (Lipinski definition) is 1. The van der Waals surface area contributed by atoms with E-state index in [0.717, 1.165) is 16.9 Å². The normalized spacial score (nSPS) is 10.7. The van der Waals surface area contributed by atoms with E-state index in [1.807, 2.05) is 12.1 Å². The second-order valence-electron chi connectivity index (χ2n) is 5.29. The number of hydrogen-bond acceptors (Lipinski definition) is 4. The molecule has 0 unspecified atom stereocenters. The van der Waals surface area contributed by atoms with Crippen molar-refractivity contribution in [3.8, 4) is 16.3 Å². The summed E-state index contributed by atoms with van der Waals surface area (Å²) < 4.78 is 5.90. The number of aromatic carboxylic acids is 1. The van der Waals surface area contributed by atoms with Crippen LogP contribution in [0.3, 0.4) is 0 Å². The molecule has 3 aromatic rings. The number of carboxylic acids is 1. The highest BCUT2D eigenvalue weighted by atomic mass is 35.5. The quantitative estimate of drug-likeness (QED) is 0.603. The van der Waals surface area contributed by atoms with E-state index in [2.05, 4.69) is 4.98 Å². The first-order chi connectivity index (χ1) is 11.9. The van der Waals surface area contributed by atoms with Crippen LogP contribution < -0.4 is 4.74 Å². The summed E-state index contributed by atoms with van der Waals surface area (Å²) in [4.78, 5) is 15.8. The number of ether oxygens (including phenoxy) is 1. The summed E-state index contributed by atoms with van der Waals surface area (Å²) in [5, 5.41) is 11.0. The van der Waals surface area contributed by atoms with E-state index in [4.69, 9.17) is 27.9 Å². The van der Waals surface area contributed by atoms with Crippen LogP contribution in [0.5, 0.6) is 5.75 Å². The number of aryl methyl sites for hydroxylation is 1. The maximum atomic E-state index is 11.3. The van der Waals surface area contributed by atoms with Crippen LogP contribution in [-0.4, -0.2) is 16.1 Å². The zero-order chi connectivity index (χ0) is 18.0. The Kier molecular flexibility index (Phi) is 5.27. The molecule has 0 atom stereocenters. The zero-order valence-corrected chi connectivity index (χ0v) is 15.5. The fraction of sp³-hybridized carbons (Fsp3) is 0.111. The van der Waals surface area contributed by atoms with Crippen LogP contribution in [0.25, 0.3) is 10.6 Å². The van der Waals surface area contributed by atoms with Crippen LogP contribution in [0.2, 0.25) is 10.0 Å². The van der Waals surface area contributed by atoms with Crippen LogP contribution in [0, 0.1) is 6.92 Å². The Morgan fingerprint density at radius 1 is 1.16 bits per heavy atom. The van der Waals surface area contributed by atoms with E-state index in [0.29, 0.717) is 38.7 Å². The Hall–Kier alpha value is -2.08. The van der Waals surface area contributed by atoms with E-state index in [1.54, 1.807) is 37.3 Å². The number of aromatic nitrogens is 1. The molecule has 25 heavy (non-hydrogen) atoms. The lowest BCUT2D eigenvalue weighted by Gasteiger charge is -2.11. The summed E-state index contributed by atoms with van der Waals surface area (Å²) in [6.45, 7) is 2.02. The van der Waals surface area contributed by atoms with Crippen molar-refractivity contribution < 1.29 is 14.6 Å². The highest BCUT2D eigenvalue weighted by Gasteiger charge is 2.18. The zero-order valence-electron chi connectivity index (χ0n) is 13.1. The molecule has 0 aliphatic heterocycles. The molecule has 1 heterocycles. The first-order valence-electron chi connectivity index (χ1n) is 7.32. The Labute approximate surface area is 158 Å². The van der Waals surface area contributed by atoms with E-state index in [9.17, 15) is 9.90 Å². The van der Waals surface area contributed by atoms with Gasteiger partial charge in [0.15, 0.2) is 0 Å². The number of benzene rings is 2. The van der Waals surface area contributed by atoms with E-state index in [1.165, 1.54) is 0 Å². The Morgan fingerprint density at radius 2 is 1.84 bits per heavy atom. The minimum absolute atomic E-state index is 0.207. The van der Waals surface area contributed by atoms with Crippen LogP contribution in [0.4, 0.5) is 0 Å². The summed E-state index contributed by atoms with van der Waals surface area (Å²) in [5.74, 6) is -0.406. The first-order valence-corrected chi connectivity index (χ1v) is 8.89. The van der Waals surface area contributed by atoms with Crippen LogP contribution in [-0.2, 0) is 6.61 Å². The van der Waals surface area contributed by atoms with Crippen LogP contribution >= 0.6 is 34.5 Å². The van der Waals surface area contributed by atoms with Crippen molar-refractivity contribution in [3.05, 3.63) is 68.6 Å². The third kappa shape index (κ3) is 4.12. The number of thiazole rings is 1. The third-order valence-corrected chi connectivity index (χ3v) is 5.14. The van der Waals surface area contributed by atoms with Gasteiger partial charge in [-0.15, -0.1) is 11.3 Å². The van der Waals surface area contributed by atoms with Crippen molar-refractivity contribution in [1.29, 1.82) is 0 Å². The second-order valence-corrected chi connectivity index (χ2v) is 7.17. The standard InChI is InChI=1S/C18H13Cl2NO3S/c1-10-16(18(22)23)25-17(21-10)14-8-13(20)6-7-15(14)24-9-11-2-4-12(19)5-3-11/h2-8H,9H2,1H3,(H,22,23). The van der Waals surface area contributed by atoms with Crippen molar-refractivity contribution in [2.45, 2.75) is 13.5 Å². The summed E-state index contributed by atoms with van der Waals surface area (Å²) in [6, 6.07) is 12.6. The third-order valence-electron chi connectivity index (χ3n) is 3.47. The maximum absolute atomic E-state index is 11.3. The minimum Gasteiger partial charge on any atom is -0.488 e. The largest absolute Gasteiger partial charge is 0.488 e. The summed E-state index contributed by atoms with van der Waals surface area (Å²) in [7, 11) is 0. The number of halogens is 2. The molecule has 0 amide bonds. The van der Waals surface area contributed by atoms with Gasteiger partial charge in [-0.25, -0.2) is 9.78 Å². The van der Waals surface area contributed by atoms with Crippen molar-refractivity contribution >= 4 is 40.5 Å². The molecule has 0 saturated heterocycles. The SMILES string of the molecule is Cc1nc(-c2cc(Cl)ccc2OCc2ccc(Cl)cc2)sc1C(=O)O. The van der Waals surface area contributed by atoms with Crippen molar-refractivity contribution in [1.82, 2.24) is 4.98 Å². The molecule has 1 aromatic heterocycles. The lowest BCUT2D eigenvalue weighted by atomic mass is 10.2. The monoisotopic (exact) mass is 393 g/mol. The highest BCUT2D eigenvalue weighted by Crippen LogP contribution is 2.36. The molecular weight excluding hydrogens is 381 g/mol. The molecule has 0 saturated carbocycles. The average Bonchev–Trinajstić information content (AvgIpc) is 2.97. The van der Waals surface area contributed by atoms with Crippen molar-refractivity contribution in [2.24, 2.45) is 0 Å². The fourth-order valence-corrected chi connectivity index (χ4v) is 3.47. The highest BCUT2D eigenvalue weighted by molar-refractivity contribution is 7.17. The van der Waals surface area contributed by atoms with Gasteiger partial charge in [0.25, 0.3) is 0 Å². The smallest absolute Gasteiger partial charge is 0.347 e. The molecule has 128 valence electrons. The number of carboxylic acid groups (broad SMARTS) is 1. The maximum Gasteiger partial charge on any atom is 0.347 e. The fourth-order valence-electron chi connectivity index (χ4n) is 2.25. The molecule has 0 fully saturated rings. The van der Waals surface area contributed by atoms with E-state index in [-0.39, 0.29) is 4.88 Å². The molecule has 0 aliphatic carbocycles. The van der Waals surface area contributed by atoms with Crippen molar-refractivity contribution in [2.75, 3.05) is 0 Å². The van der Waals surface area contributed by atoms with Gasteiger partial charge in [-0.1, -0.05) is 35.3 Å². The Bertz CT molecular complexity index is 923. The Balaban J connectivity index is 1.91. The van der Waals surface area contributed by atoms with Gasteiger partial charge in [-0.3, -0.25) is 0 Å². The second kappa shape index (κ2) is 7.44. The Morgan fingerprint density at radius 3 is 2.48 bits per heavy atom. The molecule has 3 rings (SSSR count). The van der Waals surface area contributed by atoms with E-state index < -0.39 is 5.97 Å². The van der Waals surface area contributed by atoms with Gasteiger partial charge in [0.05, 0.1) is 11.3 Å². The van der Waals surface area contributed by atoms with Gasteiger partial charge in [-0.05, 0) is 42.8 Å². The molecule has 7 heteroatoms. The summed E-state index contributed by atoms with van der Waals surface area (Å²) >= 11 is 13.1. The molecular formula is C18H13Cl2NO3S. The summed E-state index contributed by atoms with van der Waals surface area (Å²) in [5.41, 5.74) is 2.10. The minimum atomic E-state index is -0.994. The van der Waals surface area contributed by atoms with Crippen molar-refractivity contribution in [3.63, 3.8) is 0 Å². The molecule has 0 aliphatic rings. The molecule has 0 radical (unpaired) electrons. The number of carbonyl (C=O) groups is 1. The first kappa shape index (κ1) is 17.7. The number of rotatable bonds is 5. The van der Waals surface area contributed by atoms with Gasteiger partial charge < -0.3 is 9.84 Å². The summed E-state index contributed by atoms with van der Waals surface area (Å²) in [6.07, 6.45) is 0. The van der Waals surface area contributed by atoms with Crippen LogP contribution in [0.1, 0.15) is 20.9 Å². The molecule has 1 N–H and O–H groups in total. The van der Waals surface area contributed by atoms with Gasteiger partial charge >= 0.3 is 5.97 Å². The van der Waals surface area contributed by atoms with Gasteiger partial charge in [0.2, 0.25) is 0 Å². The molecule has 0 spiro atoms.